The lowest BCUT2D eigenvalue weighted by atomic mass is 9.97. The van der Waals surface area contributed by atoms with E-state index in [4.69, 9.17) is 0 Å². The molecule has 5 rings (SSSR count). The summed E-state index contributed by atoms with van der Waals surface area (Å²) in [5, 5.41) is 7.42. The highest BCUT2D eigenvalue weighted by atomic mass is 19.1. The summed E-state index contributed by atoms with van der Waals surface area (Å²) in [6.45, 7) is 1.53. The Morgan fingerprint density at radius 1 is 1.06 bits per heavy atom. The lowest BCUT2D eigenvalue weighted by molar-refractivity contribution is 0.0950. The Balaban J connectivity index is 1.68. The average molecular weight is 452 g/mol. The Hall–Kier alpha value is -3.88. The van der Waals surface area contributed by atoms with Crippen molar-refractivity contribution in [3.63, 3.8) is 0 Å². The zero-order chi connectivity index (χ0) is 23.4. The molecule has 2 heterocycles. The van der Waals surface area contributed by atoms with Crippen molar-refractivity contribution in [2.24, 2.45) is 7.05 Å². The maximum absolute atomic E-state index is 14.7. The van der Waals surface area contributed by atoms with Crippen LogP contribution < -0.4 is 10.9 Å². The quantitative estimate of drug-likeness (QED) is 0.509. The summed E-state index contributed by atoms with van der Waals surface area (Å²) in [6, 6.07) is 7.23. The number of nitrogens with zero attached hydrogens (tertiary/aromatic N) is 3. The molecule has 0 atom stereocenters. The summed E-state index contributed by atoms with van der Waals surface area (Å²) in [7, 11) is 1.47. The van der Waals surface area contributed by atoms with Crippen LogP contribution in [0, 0.1) is 24.4 Å². The van der Waals surface area contributed by atoms with Gasteiger partial charge in [0, 0.05) is 35.7 Å². The smallest absolute Gasteiger partial charge is 0.259 e. The molecule has 0 unspecified atom stereocenters. The van der Waals surface area contributed by atoms with E-state index in [2.05, 4.69) is 10.4 Å². The molecule has 168 valence electrons. The molecule has 0 saturated heterocycles. The van der Waals surface area contributed by atoms with Gasteiger partial charge in [0.25, 0.3) is 11.5 Å². The molecule has 0 spiro atoms. The minimum absolute atomic E-state index is 0.101. The molecule has 1 amide bonds. The van der Waals surface area contributed by atoms with Gasteiger partial charge in [-0.15, -0.1) is 0 Å². The van der Waals surface area contributed by atoms with Gasteiger partial charge >= 0.3 is 0 Å². The second kappa shape index (κ2) is 7.61. The molecule has 1 N–H and O–H groups in total. The van der Waals surface area contributed by atoms with Gasteiger partial charge in [0.2, 0.25) is 0 Å². The van der Waals surface area contributed by atoms with Crippen molar-refractivity contribution < 1.29 is 18.0 Å². The predicted octanol–water partition coefficient (Wildman–Crippen LogP) is 4.01. The van der Waals surface area contributed by atoms with Crippen LogP contribution in [0.4, 0.5) is 13.2 Å². The van der Waals surface area contributed by atoms with Crippen LogP contribution in [0.15, 0.2) is 47.4 Å². The minimum atomic E-state index is -0.704. The van der Waals surface area contributed by atoms with E-state index in [1.807, 2.05) is 0 Å². The first-order valence-corrected chi connectivity index (χ1v) is 10.4. The van der Waals surface area contributed by atoms with E-state index in [0.29, 0.717) is 5.39 Å². The molecule has 0 aliphatic heterocycles. The summed E-state index contributed by atoms with van der Waals surface area (Å²) >= 11 is 0. The lowest BCUT2D eigenvalue weighted by Gasteiger charge is -2.13. The second-order valence-corrected chi connectivity index (χ2v) is 8.23. The van der Waals surface area contributed by atoms with Crippen LogP contribution in [-0.4, -0.2) is 26.3 Å². The molecular weight excluding hydrogens is 433 g/mol. The molecule has 6 nitrogen and oxygen atoms in total. The lowest BCUT2D eigenvalue weighted by Crippen LogP contribution is -2.26. The zero-order valence-electron chi connectivity index (χ0n) is 17.8. The van der Waals surface area contributed by atoms with Crippen molar-refractivity contribution in [1.29, 1.82) is 0 Å². The number of rotatable bonds is 4. The third-order valence-electron chi connectivity index (χ3n) is 5.87. The van der Waals surface area contributed by atoms with Crippen LogP contribution in [0.5, 0.6) is 0 Å². The number of nitrogens with one attached hydrogen (secondary N) is 1. The van der Waals surface area contributed by atoms with E-state index in [1.165, 1.54) is 36.9 Å². The molecule has 1 fully saturated rings. The fraction of sp³-hybridized carbons (Fsp3) is 0.208. The molecule has 33 heavy (non-hydrogen) atoms. The van der Waals surface area contributed by atoms with E-state index in [9.17, 15) is 22.8 Å². The Morgan fingerprint density at radius 3 is 2.55 bits per heavy atom. The summed E-state index contributed by atoms with van der Waals surface area (Å²) in [4.78, 5) is 25.8. The maximum atomic E-state index is 14.7. The van der Waals surface area contributed by atoms with E-state index in [1.54, 1.807) is 0 Å². The summed E-state index contributed by atoms with van der Waals surface area (Å²) in [6.07, 6.45) is 3.19. The third-order valence-corrected chi connectivity index (χ3v) is 5.87. The molecule has 1 saturated carbocycles. The second-order valence-electron chi connectivity index (χ2n) is 8.23. The number of carbonyl (C=O) groups excluding carboxylic acids is 1. The largest absolute Gasteiger partial charge is 0.349 e. The highest BCUT2D eigenvalue weighted by Gasteiger charge is 2.25. The standard InChI is InChI=1S/C24H19F3N4O2/c1-12-17(7-13(9-20(12)27)22(32)29-16-4-5-16)18-8-14-11-28-31(23(14)30(2)24(18)33)21-10-15(25)3-6-19(21)26/h3,6-11,16H,4-5H2,1-2H3,(H,29,32). The van der Waals surface area contributed by atoms with Gasteiger partial charge in [-0.1, -0.05) is 0 Å². The number of hydrogen-bond donors (Lipinski definition) is 1. The van der Waals surface area contributed by atoms with Gasteiger partial charge in [0.1, 0.15) is 28.8 Å². The van der Waals surface area contributed by atoms with Crippen LogP contribution in [-0.2, 0) is 7.05 Å². The Labute approximate surface area is 186 Å². The van der Waals surface area contributed by atoms with Crippen LogP contribution >= 0.6 is 0 Å². The van der Waals surface area contributed by atoms with Crippen LogP contribution in [0.3, 0.4) is 0 Å². The van der Waals surface area contributed by atoms with Gasteiger partial charge in [-0.25, -0.2) is 17.9 Å². The Morgan fingerprint density at radius 2 is 1.82 bits per heavy atom. The molecule has 1 aliphatic rings. The fourth-order valence-corrected chi connectivity index (χ4v) is 3.89. The molecule has 9 heteroatoms. The molecule has 0 radical (unpaired) electrons. The average Bonchev–Trinajstić information content (AvgIpc) is 3.50. The first kappa shape index (κ1) is 21.0. The van der Waals surface area contributed by atoms with Crippen molar-refractivity contribution in [2.75, 3.05) is 0 Å². The molecular formula is C24H19F3N4O2. The number of aromatic nitrogens is 3. The number of pyridine rings is 1. The van der Waals surface area contributed by atoms with Crippen molar-refractivity contribution in [3.8, 4) is 16.8 Å². The van der Waals surface area contributed by atoms with Crippen LogP contribution in [0.1, 0.15) is 28.8 Å². The molecule has 2 aromatic heterocycles. The monoisotopic (exact) mass is 452 g/mol. The minimum Gasteiger partial charge on any atom is -0.349 e. The van der Waals surface area contributed by atoms with Crippen LogP contribution in [0.2, 0.25) is 0 Å². The SMILES string of the molecule is Cc1c(F)cc(C(=O)NC2CC2)cc1-c1cc2cnn(-c3cc(F)ccc3F)c2n(C)c1=O. The number of hydrogen-bond acceptors (Lipinski definition) is 3. The van der Waals surface area contributed by atoms with Gasteiger partial charge in [-0.05, 0) is 61.2 Å². The number of carbonyl (C=O) groups is 1. The topological polar surface area (TPSA) is 68.9 Å². The zero-order valence-corrected chi connectivity index (χ0v) is 17.8. The summed E-state index contributed by atoms with van der Waals surface area (Å²) < 4.78 is 45.2. The van der Waals surface area contributed by atoms with Crippen molar-refractivity contribution >= 4 is 16.9 Å². The Kier molecular flexibility index (Phi) is 4.84. The number of amides is 1. The fourth-order valence-electron chi connectivity index (χ4n) is 3.89. The maximum Gasteiger partial charge on any atom is 0.259 e. The van der Waals surface area contributed by atoms with Crippen LogP contribution in [0.25, 0.3) is 27.8 Å². The van der Waals surface area contributed by atoms with Crippen molar-refractivity contribution in [3.05, 3.63) is 81.5 Å². The third kappa shape index (κ3) is 3.59. The predicted molar refractivity (Wildman–Crippen MR) is 117 cm³/mol. The van der Waals surface area contributed by atoms with Gasteiger partial charge < -0.3 is 5.32 Å². The summed E-state index contributed by atoms with van der Waals surface area (Å²) in [5.74, 6) is -2.35. The van der Waals surface area contributed by atoms with Gasteiger partial charge in [-0.3, -0.25) is 14.2 Å². The highest BCUT2D eigenvalue weighted by Crippen LogP contribution is 2.29. The summed E-state index contributed by atoms with van der Waals surface area (Å²) in [5.41, 5.74) is 0.397. The molecule has 4 aromatic rings. The highest BCUT2D eigenvalue weighted by molar-refractivity contribution is 5.96. The normalized spacial score (nSPS) is 13.5. The first-order valence-electron chi connectivity index (χ1n) is 10.4. The number of halogens is 3. The van der Waals surface area contributed by atoms with E-state index >= 15 is 0 Å². The van der Waals surface area contributed by atoms with E-state index in [-0.39, 0.29) is 39.6 Å². The van der Waals surface area contributed by atoms with E-state index < -0.39 is 28.9 Å². The van der Waals surface area contributed by atoms with E-state index in [0.717, 1.165) is 41.8 Å². The Bertz CT molecular complexity index is 1500. The molecule has 2 aromatic carbocycles. The molecule has 0 bridgehead atoms. The molecule has 1 aliphatic carbocycles. The van der Waals surface area contributed by atoms with Gasteiger partial charge in [0.05, 0.1) is 6.20 Å². The van der Waals surface area contributed by atoms with Crippen molar-refractivity contribution in [1.82, 2.24) is 19.7 Å². The number of fused-ring (bicyclic) bond motifs is 1. The number of benzene rings is 2. The van der Waals surface area contributed by atoms with Gasteiger partial charge in [-0.2, -0.15) is 5.10 Å². The van der Waals surface area contributed by atoms with Gasteiger partial charge in [0.15, 0.2) is 0 Å². The van der Waals surface area contributed by atoms with Crippen molar-refractivity contribution in [2.45, 2.75) is 25.8 Å². The number of aryl methyl sites for hydroxylation is 1. The first-order chi connectivity index (χ1) is 15.7.